The fourth-order valence-electron chi connectivity index (χ4n) is 3.59. The molecule has 0 atom stereocenters. The van der Waals surface area contributed by atoms with Crippen molar-refractivity contribution in [2.45, 2.75) is 12.8 Å². The number of pyridine rings is 1. The third-order valence-corrected chi connectivity index (χ3v) is 5.41. The van der Waals surface area contributed by atoms with Crippen molar-refractivity contribution in [3.63, 3.8) is 0 Å². The molecule has 1 aromatic carbocycles. The lowest BCUT2D eigenvalue weighted by molar-refractivity contribution is 0.0372. The largest absolute Gasteiger partial charge is 0.504 e. The van der Waals surface area contributed by atoms with E-state index in [0.29, 0.717) is 35.0 Å². The van der Waals surface area contributed by atoms with Gasteiger partial charge in [-0.3, -0.25) is 15.2 Å². The van der Waals surface area contributed by atoms with Crippen molar-refractivity contribution in [1.82, 2.24) is 25.2 Å². The highest BCUT2D eigenvalue weighted by Gasteiger charge is 2.11. The van der Waals surface area contributed by atoms with E-state index >= 15 is 0 Å². The molecule has 0 bridgehead atoms. The van der Waals surface area contributed by atoms with E-state index in [1.165, 1.54) is 13.2 Å². The van der Waals surface area contributed by atoms with Gasteiger partial charge in [0.15, 0.2) is 17.1 Å². The lowest BCUT2D eigenvalue weighted by atomic mass is 10.1. The van der Waals surface area contributed by atoms with Crippen LogP contribution >= 0.6 is 0 Å². The second-order valence-electron chi connectivity index (χ2n) is 7.72. The Morgan fingerprint density at radius 3 is 2.85 bits per heavy atom. The Labute approximate surface area is 192 Å². The van der Waals surface area contributed by atoms with Crippen LogP contribution in [0.4, 0.5) is 10.6 Å². The smallest absolute Gasteiger partial charge is 0.320 e. The van der Waals surface area contributed by atoms with Crippen LogP contribution in [0.5, 0.6) is 11.5 Å². The molecular formula is C23H28N6O4. The molecule has 2 amide bonds. The van der Waals surface area contributed by atoms with Gasteiger partial charge >= 0.3 is 6.03 Å². The van der Waals surface area contributed by atoms with Crippen LogP contribution in [-0.2, 0) is 4.74 Å². The zero-order chi connectivity index (χ0) is 23.0. The average Bonchev–Trinajstić information content (AvgIpc) is 2.84. The quantitative estimate of drug-likeness (QED) is 0.446. The molecule has 174 valence electrons. The molecule has 0 radical (unpaired) electrons. The molecular weight excluding hydrogens is 424 g/mol. The molecule has 0 saturated carbocycles. The first-order chi connectivity index (χ1) is 16.1. The summed E-state index contributed by atoms with van der Waals surface area (Å²) in [6.45, 7) is 5.17. The molecule has 0 unspecified atom stereocenters. The second kappa shape index (κ2) is 10.9. The van der Waals surface area contributed by atoms with Gasteiger partial charge in [0.25, 0.3) is 0 Å². The number of hydrogen-bond acceptors (Lipinski definition) is 8. The van der Waals surface area contributed by atoms with E-state index in [-0.39, 0.29) is 11.8 Å². The molecule has 1 fully saturated rings. The lowest BCUT2D eigenvalue weighted by Crippen LogP contribution is -2.37. The number of amides is 2. The van der Waals surface area contributed by atoms with Crippen molar-refractivity contribution in [1.29, 1.82) is 0 Å². The highest BCUT2D eigenvalue weighted by atomic mass is 16.5. The zero-order valence-corrected chi connectivity index (χ0v) is 18.6. The Bertz CT molecular complexity index is 1100. The van der Waals surface area contributed by atoms with Gasteiger partial charge in [0.05, 0.1) is 32.2 Å². The Hall–Kier alpha value is -3.50. The number of carbonyl (C=O) groups is 1. The number of carbonyl (C=O) groups excluding carboxylic acids is 1. The minimum absolute atomic E-state index is 0.0479. The standard InChI is InChI=1S/C23H28N6O4/c1-32-20-14-16(4-6-19(20)30)18-15-25-17-5-7-21(27-22(17)26-18)28-23(31)24-8-2-3-9-29-10-12-33-13-11-29/h4-7,14-15,30H,2-3,8-13H2,1H3,(H2,24,26,27,28,31). The van der Waals surface area contributed by atoms with Gasteiger partial charge in [0.2, 0.25) is 0 Å². The number of phenols is 1. The SMILES string of the molecule is COc1cc(-c2cnc3ccc(NC(=O)NCCCCN4CCOCC4)nc3n2)ccc1O. The van der Waals surface area contributed by atoms with Crippen LogP contribution in [0.1, 0.15) is 12.8 Å². The molecule has 1 saturated heterocycles. The van der Waals surface area contributed by atoms with E-state index in [0.717, 1.165) is 51.3 Å². The highest BCUT2D eigenvalue weighted by Crippen LogP contribution is 2.30. The number of ether oxygens (including phenoxy) is 2. The van der Waals surface area contributed by atoms with Crippen molar-refractivity contribution >= 4 is 23.0 Å². The summed E-state index contributed by atoms with van der Waals surface area (Å²) in [5.41, 5.74) is 2.32. The molecule has 4 rings (SSSR count). The maximum absolute atomic E-state index is 12.2. The zero-order valence-electron chi connectivity index (χ0n) is 18.6. The van der Waals surface area contributed by atoms with Gasteiger partial charge in [-0.25, -0.2) is 14.8 Å². The number of urea groups is 1. The Kier molecular flexibility index (Phi) is 7.48. The maximum Gasteiger partial charge on any atom is 0.320 e. The molecule has 10 nitrogen and oxygen atoms in total. The molecule has 1 aliphatic rings. The van der Waals surface area contributed by atoms with Gasteiger partial charge < -0.3 is 19.9 Å². The Morgan fingerprint density at radius 2 is 2.03 bits per heavy atom. The van der Waals surface area contributed by atoms with Crippen molar-refractivity contribution < 1.29 is 19.4 Å². The van der Waals surface area contributed by atoms with Crippen molar-refractivity contribution in [3.05, 3.63) is 36.5 Å². The van der Waals surface area contributed by atoms with E-state index < -0.39 is 0 Å². The first-order valence-electron chi connectivity index (χ1n) is 11.0. The van der Waals surface area contributed by atoms with Crippen LogP contribution < -0.4 is 15.4 Å². The summed E-state index contributed by atoms with van der Waals surface area (Å²) in [6.07, 6.45) is 3.56. The number of benzene rings is 1. The van der Waals surface area contributed by atoms with E-state index in [9.17, 15) is 9.90 Å². The number of nitrogens with zero attached hydrogens (tertiary/aromatic N) is 4. The lowest BCUT2D eigenvalue weighted by Gasteiger charge is -2.26. The molecule has 3 N–H and O–H groups in total. The normalized spacial score (nSPS) is 14.2. The summed E-state index contributed by atoms with van der Waals surface area (Å²) in [6, 6.07) is 8.09. The highest BCUT2D eigenvalue weighted by molar-refractivity contribution is 5.89. The van der Waals surface area contributed by atoms with E-state index in [2.05, 4.69) is 30.5 Å². The number of fused-ring (bicyclic) bond motifs is 1. The number of aromatic hydroxyl groups is 1. The van der Waals surface area contributed by atoms with Gasteiger partial charge in [-0.1, -0.05) is 0 Å². The average molecular weight is 453 g/mol. The van der Waals surface area contributed by atoms with Gasteiger partial charge in [0.1, 0.15) is 11.3 Å². The molecule has 1 aliphatic heterocycles. The Balaban J connectivity index is 1.32. The summed E-state index contributed by atoms with van der Waals surface area (Å²) < 4.78 is 10.5. The van der Waals surface area contributed by atoms with Gasteiger partial charge in [-0.2, -0.15) is 0 Å². The van der Waals surface area contributed by atoms with Gasteiger partial charge in [-0.15, -0.1) is 0 Å². The Morgan fingerprint density at radius 1 is 1.18 bits per heavy atom. The van der Waals surface area contributed by atoms with Crippen LogP contribution in [0, 0.1) is 0 Å². The molecule has 2 aromatic heterocycles. The number of nitrogens with one attached hydrogen (secondary N) is 2. The van der Waals surface area contributed by atoms with Crippen LogP contribution in [0.2, 0.25) is 0 Å². The fraction of sp³-hybridized carbons (Fsp3) is 0.391. The summed E-state index contributed by atoms with van der Waals surface area (Å²) in [5.74, 6) is 0.786. The van der Waals surface area contributed by atoms with E-state index in [4.69, 9.17) is 9.47 Å². The molecule has 0 spiro atoms. The summed E-state index contributed by atoms with van der Waals surface area (Å²) >= 11 is 0. The number of hydrogen-bond donors (Lipinski definition) is 3. The number of unbranched alkanes of at least 4 members (excludes halogenated alkanes) is 1. The van der Waals surface area contributed by atoms with Crippen LogP contribution in [0.25, 0.3) is 22.4 Å². The molecule has 3 heterocycles. The first-order valence-corrected chi connectivity index (χ1v) is 11.0. The van der Waals surface area contributed by atoms with Crippen LogP contribution in [0.15, 0.2) is 36.5 Å². The first kappa shape index (κ1) is 22.7. The molecule has 3 aromatic rings. The number of anilines is 1. The van der Waals surface area contributed by atoms with E-state index in [1.807, 2.05) is 0 Å². The minimum atomic E-state index is -0.305. The summed E-state index contributed by atoms with van der Waals surface area (Å²) in [7, 11) is 1.49. The topological polar surface area (TPSA) is 122 Å². The maximum atomic E-state index is 12.2. The second-order valence-corrected chi connectivity index (χ2v) is 7.72. The fourth-order valence-corrected chi connectivity index (χ4v) is 3.59. The molecule has 0 aliphatic carbocycles. The third-order valence-electron chi connectivity index (χ3n) is 5.41. The molecule has 33 heavy (non-hydrogen) atoms. The summed E-state index contributed by atoms with van der Waals surface area (Å²) in [5, 5.41) is 15.4. The number of rotatable bonds is 8. The van der Waals surface area contributed by atoms with E-state index in [1.54, 1.807) is 30.5 Å². The number of morpholine rings is 1. The predicted molar refractivity (Wildman–Crippen MR) is 125 cm³/mol. The van der Waals surface area contributed by atoms with Crippen molar-refractivity contribution in [3.8, 4) is 22.8 Å². The molecule has 10 heteroatoms. The monoisotopic (exact) mass is 452 g/mol. The predicted octanol–water partition coefficient (Wildman–Crippen LogP) is 2.64. The minimum Gasteiger partial charge on any atom is -0.504 e. The van der Waals surface area contributed by atoms with Gasteiger partial charge in [0, 0.05) is 25.2 Å². The van der Waals surface area contributed by atoms with Gasteiger partial charge in [-0.05, 0) is 49.7 Å². The van der Waals surface area contributed by atoms with Crippen LogP contribution in [-0.4, -0.2) is 77.5 Å². The van der Waals surface area contributed by atoms with Crippen LogP contribution in [0.3, 0.4) is 0 Å². The van der Waals surface area contributed by atoms with Crippen molar-refractivity contribution in [2.75, 3.05) is 51.8 Å². The number of methoxy groups -OCH3 is 1. The number of aromatic nitrogens is 3. The number of phenolic OH excluding ortho intramolecular Hbond substituents is 1. The third kappa shape index (κ3) is 6.05. The summed E-state index contributed by atoms with van der Waals surface area (Å²) in [4.78, 5) is 28.0. The van der Waals surface area contributed by atoms with Crippen molar-refractivity contribution in [2.24, 2.45) is 0 Å².